The van der Waals surface area contributed by atoms with E-state index in [9.17, 15) is 5.11 Å². The Morgan fingerprint density at radius 2 is 2.13 bits per heavy atom. The van der Waals surface area contributed by atoms with Gasteiger partial charge in [0.05, 0.1) is 7.11 Å². The molecule has 1 aromatic rings. The quantitative estimate of drug-likeness (QED) is 0.800. The van der Waals surface area contributed by atoms with Crippen LogP contribution in [0.25, 0.3) is 0 Å². The molecule has 0 fully saturated rings. The number of hydrogen-bond acceptors (Lipinski definition) is 3. The van der Waals surface area contributed by atoms with Crippen molar-refractivity contribution in [1.82, 2.24) is 0 Å². The third-order valence-electron chi connectivity index (χ3n) is 2.85. The zero-order chi connectivity index (χ0) is 11.4. The molecule has 0 aliphatic rings. The van der Waals surface area contributed by atoms with Gasteiger partial charge in [-0.05, 0) is 12.0 Å². The second-order valence-electron chi connectivity index (χ2n) is 3.84. The minimum atomic E-state index is -0.124. The summed E-state index contributed by atoms with van der Waals surface area (Å²) in [5.41, 5.74) is 6.82. The Bertz CT molecular complexity index is 325. The van der Waals surface area contributed by atoms with Crippen LogP contribution in [0, 0.1) is 5.92 Å². The van der Waals surface area contributed by atoms with Gasteiger partial charge in [0.1, 0.15) is 11.5 Å². The Balaban J connectivity index is 2.95. The molecule has 3 N–H and O–H groups in total. The summed E-state index contributed by atoms with van der Waals surface area (Å²) in [5.74, 6) is 1.21. The van der Waals surface area contributed by atoms with Gasteiger partial charge in [-0.3, -0.25) is 0 Å². The van der Waals surface area contributed by atoms with Crippen molar-refractivity contribution in [3.05, 3.63) is 23.8 Å². The molecule has 0 saturated carbocycles. The van der Waals surface area contributed by atoms with Crippen molar-refractivity contribution in [2.45, 2.75) is 26.3 Å². The van der Waals surface area contributed by atoms with Gasteiger partial charge >= 0.3 is 0 Å². The summed E-state index contributed by atoms with van der Waals surface area (Å²) in [5, 5.41) is 9.78. The normalized spacial score (nSPS) is 14.7. The molecule has 0 saturated heterocycles. The summed E-state index contributed by atoms with van der Waals surface area (Å²) in [4.78, 5) is 0. The van der Waals surface area contributed by atoms with Gasteiger partial charge in [0.2, 0.25) is 0 Å². The van der Waals surface area contributed by atoms with E-state index in [0.717, 1.165) is 12.0 Å². The van der Waals surface area contributed by atoms with Crippen LogP contribution in [0.15, 0.2) is 18.2 Å². The summed E-state index contributed by atoms with van der Waals surface area (Å²) < 4.78 is 5.02. The van der Waals surface area contributed by atoms with E-state index in [-0.39, 0.29) is 11.8 Å². The molecule has 84 valence electrons. The number of phenols is 1. The fourth-order valence-corrected chi connectivity index (χ4v) is 1.49. The first-order valence-corrected chi connectivity index (χ1v) is 5.22. The van der Waals surface area contributed by atoms with Gasteiger partial charge < -0.3 is 15.6 Å². The molecule has 1 unspecified atom stereocenters. The molecule has 0 heterocycles. The molecule has 0 aliphatic carbocycles. The molecule has 0 bridgehead atoms. The van der Waals surface area contributed by atoms with Crippen LogP contribution in [0.2, 0.25) is 0 Å². The average Bonchev–Trinajstić information content (AvgIpc) is 2.26. The van der Waals surface area contributed by atoms with Crippen molar-refractivity contribution < 1.29 is 9.84 Å². The second kappa shape index (κ2) is 5.03. The van der Waals surface area contributed by atoms with Crippen molar-refractivity contribution in [2.75, 3.05) is 7.11 Å². The van der Waals surface area contributed by atoms with Gasteiger partial charge in [-0.25, -0.2) is 0 Å². The predicted molar refractivity (Wildman–Crippen MR) is 61.0 cm³/mol. The number of methoxy groups -OCH3 is 1. The van der Waals surface area contributed by atoms with Crippen LogP contribution < -0.4 is 10.5 Å². The van der Waals surface area contributed by atoms with E-state index in [4.69, 9.17) is 10.5 Å². The topological polar surface area (TPSA) is 55.5 Å². The van der Waals surface area contributed by atoms with Crippen LogP contribution in [0.4, 0.5) is 0 Å². The van der Waals surface area contributed by atoms with Gasteiger partial charge in [0.25, 0.3) is 0 Å². The zero-order valence-electron chi connectivity index (χ0n) is 9.53. The molecular formula is C12H19NO2. The fourth-order valence-electron chi connectivity index (χ4n) is 1.49. The monoisotopic (exact) mass is 209 g/mol. The summed E-state index contributed by atoms with van der Waals surface area (Å²) in [6, 6.07) is 5.11. The molecular weight excluding hydrogens is 190 g/mol. The molecule has 1 aromatic carbocycles. The third kappa shape index (κ3) is 2.63. The lowest BCUT2D eigenvalue weighted by atomic mass is 9.93. The molecule has 0 spiro atoms. The molecule has 1 rings (SSSR count). The van der Waals surface area contributed by atoms with E-state index in [1.807, 2.05) is 12.1 Å². The van der Waals surface area contributed by atoms with E-state index >= 15 is 0 Å². The largest absolute Gasteiger partial charge is 0.507 e. The highest BCUT2D eigenvalue weighted by atomic mass is 16.5. The smallest absolute Gasteiger partial charge is 0.124 e. The number of nitrogens with two attached hydrogens (primary N) is 1. The Morgan fingerprint density at radius 3 is 2.60 bits per heavy atom. The summed E-state index contributed by atoms with van der Waals surface area (Å²) in [6.45, 7) is 4.17. The third-order valence-corrected chi connectivity index (χ3v) is 2.85. The maximum Gasteiger partial charge on any atom is 0.124 e. The molecule has 0 radical (unpaired) electrons. The predicted octanol–water partition coefficient (Wildman–Crippen LogP) is 2.45. The number of phenolic OH excluding ortho intramolecular Hbond substituents is 1. The van der Waals surface area contributed by atoms with Crippen LogP contribution >= 0.6 is 0 Å². The van der Waals surface area contributed by atoms with Crippen LogP contribution in [-0.4, -0.2) is 12.2 Å². The summed E-state index contributed by atoms with van der Waals surface area (Å²) in [6.07, 6.45) is 0.993. The van der Waals surface area contributed by atoms with Gasteiger partial charge in [0, 0.05) is 17.7 Å². The van der Waals surface area contributed by atoms with Gasteiger partial charge in [-0.15, -0.1) is 0 Å². The highest BCUT2D eigenvalue weighted by Gasteiger charge is 2.16. The van der Waals surface area contributed by atoms with Crippen LogP contribution in [0.5, 0.6) is 11.5 Å². The van der Waals surface area contributed by atoms with E-state index in [0.29, 0.717) is 11.7 Å². The molecule has 0 aliphatic heterocycles. The standard InChI is InChI=1S/C12H19NO2/c1-4-8(2)12(13)10-6-5-9(15-3)7-11(10)14/h5-8,12,14H,4,13H2,1-3H3/t8?,12-/m0/s1. The Morgan fingerprint density at radius 1 is 1.47 bits per heavy atom. The van der Waals surface area contributed by atoms with Crippen LogP contribution in [0.1, 0.15) is 31.9 Å². The van der Waals surface area contributed by atoms with Gasteiger partial charge in [-0.2, -0.15) is 0 Å². The molecule has 3 nitrogen and oxygen atoms in total. The molecule has 2 atom stereocenters. The van der Waals surface area contributed by atoms with Crippen molar-refractivity contribution in [2.24, 2.45) is 11.7 Å². The van der Waals surface area contributed by atoms with E-state index < -0.39 is 0 Å². The molecule has 15 heavy (non-hydrogen) atoms. The molecule has 3 heteroatoms. The average molecular weight is 209 g/mol. The first-order chi connectivity index (χ1) is 7.10. The fraction of sp³-hybridized carbons (Fsp3) is 0.500. The SMILES string of the molecule is CCC(C)[C@H](N)c1ccc(OC)cc1O. The van der Waals surface area contributed by atoms with E-state index in [2.05, 4.69) is 13.8 Å². The Hall–Kier alpha value is -1.22. The first-order valence-electron chi connectivity index (χ1n) is 5.22. The lowest BCUT2D eigenvalue weighted by Crippen LogP contribution is -2.18. The van der Waals surface area contributed by atoms with Crippen molar-refractivity contribution in [3.63, 3.8) is 0 Å². The lowest BCUT2D eigenvalue weighted by Gasteiger charge is -2.19. The molecule has 0 aromatic heterocycles. The van der Waals surface area contributed by atoms with Crippen LogP contribution in [0.3, 0.4) is 0 Å². The summed E-state index contributed by atoms with van der Waals surface area (Å²) >= 11 is 0. The van der Waals surface area contributed by atoms with Crippen molar-refractivity contribution in [1.29, 1.82) is 0 Å². The maximum absolute atomic E-state index is 9.78. The zero-order valence-corrected chi connectivity index (χ0v) is 9.53. The number of benzene rings is 1. The highest BCUT2D eigenvalue weighted by Crippen LogP contribution is 2.31. The summed E-state index contributed by atoms with van der Waals surface area (Å²) in [7, 11) is 1.57. The van der Waals surface area contributed by atoms with E-state index in [1.165, 1.54) is 0 Å². The second-order valence-corrected chi connectivity index (χ2v) is 3.84. The number of aromatic hydroxyl groups is 1. The van der Waals surface area contributed by atoms with Crippen molar-refractivity contribution in [3.8, 4) is 11.5 Å². The maximum atomic E-state index is 9.78. The van der Waals surface area contributed by atoms with E-state index in [1.54, 1.807) is 13.2 Å². The van der Waals surface area contributed by atoms with Gasteiger partial charge in [-0.1, -0.05) is 26.3 Å². The number of hydrogen-bond donors (Lipinski definition) is 2. The molecule has 0 amide bonds. The van der Waals surface area contributed by atoms with Crippen LogP contribution in [-0.2, 0) is 0 Å². The first kappa shape index (κ1) is 11.9. The Kier molecular flexibility index (Phi) is 3.97. The number of ether oxygens (including phenoxy) is 1. The van der Waals surface area contributed by atoms with Crippen molar-refractivity contribution >= 4 is 0 Å². The Labute approximate surface area is 90.9 Å². The van der Waals surface area contributed by atoms with Gasteiger partial charge in [0.15, 0.2) is 0 Å². The highest BCUT2D eigenvalue weighted by molar-refractivity contribution is 5.41. The lowest BCUT2D eigenvalue weighted by molar-refractivity contribution is 0.397. The minimum absolute atomic E-state index is 0.124. The number of rotatable bonds is 4. The minimum Gasteiger partial charge on any atom is -0.507 e.